The Kier molecular flexibility index (Phi) is 1.62. The van der Waals surface area contributed by atoms with E-state index in [1.807, 2.05) is 0 Å². The first kappa shape index (κ1) is 6.42. The first-order valence-corrected chi connectivity index (χ1v) is 2.93. The topological polar surface area (TPSA) is 32.4 Å². The van der Waals surface area contributed by atoms with Gasteiger partial charge in [-0.3, -0.25) is 4.99 Å². The molecule has 0 N–H and O–H groups in total. The molecule has 1 rings (SSSR count). The predicted molar refractivity (Wildman–Crippen MR) is 35.4 cm³/mol. The SMILES string of the molecule is C[N+]1=CC=NC(Cl)C1=O. The van der Waals surface area contributed by atoms with Gasteiger partial charge in [0, 0.05) is 0 Å². The van der Waals surface area contributed by atoms with Crippen LogP contribution in [0.2, 0.25) is 0 Å². The van der Waals surface area contributed by atoms with E-state index in [0.717, 1.165) is 0 Å². The number of aliphatic imine (C=N–C) groups is 1. The molecule has 0 saturated heterocycles. The fourth-order valence-corrected chi connectivity index (χ4v) is 0.738. The van der Waals surface area contributed by atoms with Crippen molar-refractivity contribution in [3.8, 4) is 0 Å². The van der Waals surface area contributed by atoms with Crippen LogP contribution in [-0.2, 0) is 4.79 Å². The highest BCUT2D eigenvalue weighted by Gasteiger charge is 2.24. The Hall–Kier alpha value is -0.700. The van der Waals surface area contributed by atoms with E-state index in [1.165, 1.54) is 10.8 Å². The minimum Gasteiger partial charge on any atom is -0.253 e. The molecule has 48 valence electrons. The van der Waals surface area contributed by atoms with Crippen LogP contribution in [0.3, 0.4) is 0 Å². The summed E-state index contributed by atoms with van der Waals surface area (Å²) in [6.45, 7) is 0. The molecule has 0 bridgehead atoms. The Balaban J connectivity index is 2.86. The van der Waals surface area contributed by atoms with Crippen LogP contribution in [0, 0.1) is 0 Å². The zero-order valence-electron chi connectivity index (χ0n) is 4.91. The molecule has 1 aliphatic heterocycles. The van der Waals surface area contributed by atoms with Crippen molar-refractivity contribution in [2.24, 2.45) is 4.99 Å². The van der Waals surface area contributed by atoms with Crippen molar-refractivity contribution in [1.29, 1.82) is 0 Å². The van der Waals surface area contributed by atoms with Crippen LogP contribution in [0.5, 0.6) is 0 Å². The Morgan fingerprint density at radius 2 is 2.56 bits per heavy atom. The van der Waals surface area contributed by atoms with Crippen molar-refractivity contribution in [2.45, 2.75) is 5.50 Å². The van der Waals surface area contributed by atoms with Crippen LogP contribution in [0.4, 0.5) is 0 Å². The van der Waals surface area contributed by atoms with Crippen molar-refractivity contribution in [2.75, 3.05) is 7.05 Å². The number of hydrogen-bond donors (Lipinski definition) is 0. The molecule has 0 aromatic carbocycles. The molecule has 0 spiro atoms. The van der Waals surface area contributed by atoms with E-state index in [-0.39, 0.29) is 5.91 Å². The number of nitrogens with zero attached hydrogens (tertiary/aromatic N) is 2. The Morgan fingerprint density at radius 3 is 3.00 bits per heavy atom. The Bertz CT molecular complexity index is 197. The van der Waals surface area contributed by atoms with Crippen LogP contribution in [0.15, 0.2) is 4.99 Å². The van der Waals surface area contributed by atoms with Gasteiger partial charge in [-0.2, -0.15) is 4.58 Å². The standard InChI is InChI=1S/C5H6ClN2O/c1-8-3-2-7-4(6)5(8)9/h2-4H,1H3/q+1. The Morgan fingerprint density at radius 1 is 1.89 bits per heavy atom. The quantitative estimate of drug-likeness (QED) is 0.266. The van der Waals surface area contributed by atoms with Gasteiger partial charge in [0.15, 0.2) is 6.21 Å². The lowest BCUT2D eigenvalue weighted by molar-refractivity contribution is -0.413. The monoisotopic (exact) mass is 145 g/mol. The van der Waals surface area contributed by atoms with E-state index in [4.69, 9.17) is 11.6 Å². The summed E-state index contributed by atoms with van der Waals surface area (Å²) in [5.41, 5.74) is -0.722. The summed E-state index contributed by atoms with van der Waals surface area (Å²) in [5.74, 6) is -0.181. The fraction of sp³-hybridized carbons (Fsp3) is 0.400. The third-order valence-electron chi connectivity index (χ3n) is 1.06. The van der Waals surface area contributed by atoms with Crippen LogP contribution in [-0.4, -0.2) is 35.5 Å². The molecule has 0 fully saturated rings. The van der Waals surface area contributed by atoms with Gasteiger partial charge in [-0.1, -0.05) is 11.6 Å². The maximum atomic E-state index is 10.8. The second-order valence-electron chi connectivity index (χ2n) is 1.73. The molecule has 1 unspecified atom stereocenters. The molecule has 1 heterocycles. The summed E-state index contributed by atoms with van der Waals surface area (Å²) in [7, 11) is 1.64. The first-order chi connectivity index (χ1) is 4.22. The van der Waals surface area contributed by atoms with Crippen molar-refractivity contribution in [3.63, 3.8) is 0 Å². The number of alkyl halides is 1. The van der Waals surface area contributed by atoms with Crippen LogP contribution in [0.25, 0.3) is 0 Å². The summed E-state index contributed by atoms with van der Waals surface area (Å²) < 4.78 is 1.41. The summed E-state index contributed by atoms with van der Waals surface area (Å²) in [6, 6.07) is 0. The second kappa shape index (κ2) is 2.27. The molecule has 9 heavy (non-hydrogen) atoms. The van der Waals surface area contributed by atoms with E-state index in [0.29, 0.717) is 0 Å². The molecule has 3 nitrogen and oxygen atoms in total. The van der Waals surface area contributed by atoms with Gasteiger partial charge >= 0.3 is 5.91 Å². The lowest BCUT2D eigenvalue weighted by Crippen LogP contribution is -2.29. The summed E-state index contributed by atoms with van der Waals surface area (Å²) in [6.07, 6.45) is 3.08. The highest BCUT2D eigenvalue weighted by Crippen LogP contribution is 2.00. The molecule has 4 heteroatoms. The molecule has 0 saturated carbocycles. The second-order valence-corrected chi connectivity index (χ2v) is 2.15. The van der Waals surface area contributed by atoms with Gasteiger partial charge in [0.05, 0.1) is 6.21 Å². The maximum Gasteiger partial charge on any atom is 0.426 e. The third kappa shape index (κ3) is 1.16. The molecule has 1 atom stereocenters. The average molecular weight is 146 g/mol. The van der Waals surface area contributed by atoms with Crippen molar-refractivity contribution >= 4 is 29.9 Å². The number of amides is 1. The number of hydrogen-bond acceptors (Lipinski definition) is 2. The number of carbonyl (C=O) groups is 1. The van der Waals surface area contributed by atoms with Gasteiger partial charge in [-0.15, -0.1) is 0 Å². The minimum atomic E-state index is -0.722. The molecule has 1 aliphatic rings. The number of halogens is 1. The van der Waals surface area contributed by atoms with Crippen molar-refractivity contribution in [1.82, 2.24) is 0 Å². The molecular weight excluding hydrogens is 140 g/mol. The van der Waals surface area contributed by atoms with Crippen LogP contribution in [0.1, 0.15) is 0 Å². The predicted octanol–water partition coefficient (Wildman–Crippen LogP) is -0.125. The number of likely N-dealkylation sites (N-methyl/N-ethyl adjacent to an activating group) is 1. The van der Waals surface area contributed by atoms with E-state index in [1.54, 1.807) is 13.3 Å². The smallest absolute Gasteiger partial charge is 0.253 e. The molecule has 1 amide bonds. The van der Waals surface area contributed by atoms with Crippen molar-refractivity contribution in [3.05, 3.63) is 0 Å². The van der Waals surface area contributed by atoms with Gasteiger partial charge in [0.25, 0.3) is 0 Å². The number of carbonyl (C=O) groups excluding carboxylic acids is 1. The first-order valence-electron chi connectivity index (χ1n) is 2.49. The summed E-state index contributed by atoms with van der Waals surface area (Å²) >= 11 is 5.45. The van der Waals surface area contributed by atoms with Crippen LogP contribution >= 0.6 is 11.6 Å². The zero-order valence-corrected chi connectivity index (χ0v) is 5.67. The zero-order chi connectivity index (χ0) is 6.85. The molecular formula is C5H6ClN2O+. The lowest BCUT2D eigenvalue weighted by Gasteiger charge is -1.99. The fourth-order valence-electron chi connectivity index (χ4n) is 0.519. The molecule has 0 radical (unpaired) electrons. The van der Waals surface area contributed by atoms with E-state index in [2.05, 4.69) is 4.99 Å². The van der Waals surface area contributed by atoms with Gasteiger partial charge in [-0.05, 0) is 0 Å². The van der Waals surface area contributed by atoms with Gasteiger partial charge in [0.2, 0.25) is 5.50 Å². The van der Waals surface area contributed by atoms with Gasteiger partial charge < -0.3 is 0 Å². The summed E-state index contributed by atoms with van der Waals surface area (Å²) in [5, 5.41) is 0. The average Bonchev–Trinajstić information content (AvgIpc) is 1.83. The highest BCUT2D eigenvalue weighted by molar-refractivity contribution is 6.32. The molecule has 0 aromatic rings. The third-order valence-corrected chi connectivity index (χ3v) is 1.36. The van der Waals surface area contributed by atoms with Gasteiger partial charge in [-0.25, -0.2) is 4.79 Å². The van der Waals surface area contributed by atoms with Crippen LogP contribution < -0.4 is 0 Å². The van der Waals surface area contributed by atoms with E-state index in [9.17, 15) is 4.79 Å². The normalized spacial score (nSPS) is 26.2. The van der Waals surface area contributed by atoms with E-state index >= 15 is 0 Å². The Labute approximate surface area is 57.7 Å². The maximum absolute atomic E-state index is 10.8. The molecule has 0 aromatic heterocycles. The summed E-state index contributed by atoms with van der Waals surface area (Å²) in [4.78, 5) is 14.4. The van der Waals surface area contributed by atoms with Crippen molar-refractivity contribution < 1.29 is 9.37 Å². The minimum absolute atomic E-state index is 0.181. The number of rotatable bonds is 0. The molecule has 0 aliphatic carbocycles. The largest absolute Gasteiger partial charge is 0.426 e. The lowest BCUT2D eigenvalue weighted by atomic mass is 10.5. The highest BCUT2D eigenvalue weighted by atomic mass is 35.5. The van der Waals surface area contributed by atoms with E-state index < -0.39 is 5.50 Å². The van der Waals surface area contributed by atoms with Gasteiger partial charge in [0.1, 0.15) is 7.05 Å².